The molecule has 0 N–H and O–H groups in total. The van der Waals surface area contributed by atoms with Crippen molar-refractivity contribution in [3.05, 3.63) is 53.9 Å². The van der Waals surface area contributed by atoms with E-state index in [-0.39, 0.29) is 11.6 Å². The molecular weight excluding hydrogens is 237 g/mol. The number of aryl methyl sites for hydroxylation is 1. The molecule has 0 fully saturated rings. The number of hydrogen-bond donors (Lipinski definition) is 0. The lowest BCUT2D eigenvalue weighted by Gasteiger charge is -1.97. The van der Waals surface area contributed by atoms with E-state index in [2.05, 4.69) is 15.0 Å². The molecule has 0 aliphatic rings. The van der Waals surface area contributed by atoms with Crippen LogP contribution in [0.3, 0.4) is 0 Å². The van der Waals surface area contributed by atoms with E-state index in [1.54, 1.807) is 19.3 Å². The first-order valence-corrected chi connectivity index (χ1v) is 5.14. The van der Waals surface area contributed by atoms with Crippen LogP contribution in [-0.4, -0.2) is 21.7 Å². The maximum absolute atomic E-state index is 12.8. The normalized spacial score (nSPS) is 10.8. The first-order chi connectivity index (χ1) is 8.66. The number of benzene rings is 1. The van der Waals surface area contributed by atoms with Crippen molar-refractivity contribution in [1.29, 1.82) is 0 Å². The zero-order valence-corrected chi connectivity index (χ0v) is 9.58. The number of nitrogens with zero attached hydrogens (tertiary/aromatic N) is 3. The van der Waals surface area contributed by atoms with E-state index in [1.165, 1.54) is 35.2 Å². The van der Waals surface area contributed by atoms with Gasteiger partial charge in [-0.15, -0.1) is 0 Å². The molecule has 5 nitrogen and oxygen atoms in total. The van der Waals surface area contributed by atoms with E-state index in [1.807, 2.05) is 0 Å². The largest absolute Gasteiger partial charge is 0.400 e. The van der Waals surface area contributed by atoms with Crippen LogP contribution in [0.4, 0.5) is 4.39 Å². The second-order valence-corrected chi connectivity index (χ2v) is 3.53. The van der Waals surface area contributed by atoms with Crippen molar-refractivity contribution in [3.8, 4) is 0 Å². The Morgan fingerprint density at radius 2 is 2.39 bits per heavy atom. The maximum Gasteiger partial charge on any atom is 0.400 e. The predicted molar refractivity (Wildman–Crippen MR) is 62.6 cm³/mol. The number of halogens is 1. The molecule has 1 aromatic heterocycles. The highest BCUT2D eigenvalue weighted by atomic mass is 19.1. The molecule has 6 heteroatoms. The average Bonchev–Trinajstić information content (AvgIpc) is 2.75. The monoisotopic (exact) mass is 247 g/mol. The molecule has 2 rings (SSSR count). The first kappa shape index (κ1) is 12.0. The summed E-state index contributed by atoms with van der Waals surface area (Å²) in [5, 5.41) is 3.49. The molecule has 0 bridgehead atoms. The van der Waals surface area contributed by atoms with Gasteiger partial charge in [0.05, 0.1) is 6.21 Å². The van der Waals surface area contributed by atoms with Crippen molar-refractivity contribution in [2.75, 3.05) is 0 Å². The molecule has 1 aromatic carbocycles. The highest BCUT2D eigenvalue weighted by Crippen LogP contribution is 2.01. The number of hydrogen-bond acceptors (Lipinski definition) is 4. The predicted octanol–water partition coefficient (Wildman–Crippen LogP) is 1.75. The topological polar surface area (TPSA) is 56.5 Å². The highest BCUT2D eigenvalue weighted by molar-refractivity contribution is 5.86. The lowest BCUT2D eigenvalue weighted by molar-refractivity contribution is 0.0500. The van der Waals surface area contributed by atoms with Gasteiger partial charge in [0.25, 0.3) is 0 Å². The summed E-state index contributed by atoms with van der Waals surface area (Å²) >= 11 is 0. The fraction of sp³-hybridized carbons (Fsp3) is 0.0833. The Bertz CT molecular complexity index is 593. The van der Waals surface area contributed by atoms with Crippen LogP contribution in [0.25, 0.3) is 0 Å². The summed E-state index contributed by atoms with van der Waals surface area (Å²) in [4.78, 5) is 19.9. The second-order valence-electron chi connectivity index (χ2n) is 3.53. The standard InChI is InChI=1S/C12H10FN3O2/c1-16-6-5-14-11(16)12(17)18-15-8-9-3-2-4-10(13)7-9/h2-8H,1H3. The minimum Gasteiger partial charge on any atom is -0.328 e. The molecule has 1 heterocycles. The van der Waals surface area contributed by atoms with Gasteiger partial charge in [-0.25, -0.2) is 14.2 Å². The minimum atomic E-state index is -0.671. The van der Waals surface area contributed by atoms with Gasteiger partial charge < -0.3 is 9.40 Å². The van der Waals surface area contributed by atoms with Crippen LogP contribution < -0.4 is 0 Å². The average molecular weight is 247 g/mol. The molecule has 0 saturated heterocycles. The number of imidazole rings is 1. The molecule has 0 unspecified atom stereocenters. The van der Waals surface area contributed by atoms with E-state index in [0.29, 0.717) is 5.56 Å². The third kappa shape index (κ3) is 2.79. The van der Waals surface area contributed by atoms with Gasteiger partial charge in [-0.3, -0.25) is 0 Å². The van der Waals surface area contributed by atoms with E-state index in [4.69, 9.17) is 0 Å². The molecule has 0 aliphatic heterocycles. The zero-order chi connectivity index (χ0) is 13.0. The van der Waals surface area contributed by atoms with Crippen LogP contribution in [0, 0.1) is 5.82 Å². The fourth-order valence-corrected chi connectivity index (χ4v) is 1.33. The molecule has 2 aromatic rings. The van der Waals surface area contributed by atoms with Crippen molar-refractivity contribution >= 4 is 12.2 Å². The number of aromatic nitrogens is 2. The van der Waals surface area contributed by atoms with E-state index in [0.717, 1.165) is 0 Å². The van der Waals surface area contributed by atoms with Gasteiger partial charge in [-0.1, -0.05) is 17.3 Å². The van der Waals surface area contributed by atoms with Crippen LogP contribution >= 0.6 is 0 Å². The van der Waals surface area contributed by atoms with E-state index in [9.17, 15) is 9.18 Å². The summed E-state index contributed by atoms with van der Waals surface area (Å²) in [5.74, 6) is -0.907. The van der Waals surface area contributed by atoms with Crippen LogP contribution in [0.2, 0.25) is 0 Å². The van der Waals surface area contributed by atoms with Gasteiger partial charge in [0.15, 0.2) is 0 Å². The summed E-state index contributed by atoms with van der Waals surface area (Å²) < 4.78 is 14.4. The van der Waals surface area contributed by atoms with E-state index < -0.39 is 5.97 Å². The van der Waals surface area contributed by atoms with Crippen LogP contribution in [-0.2, 0) is 11.9 Å². The highest BCUT2D eigenvalue weighted by Gasteiger charge is 2.11. The summed E-state index contributed by atoms with van der Waals surface area (Å²) in [6.45, 7) is 0. The van der Waals surface area contributed by atoms with Crippen LogP contribution in [0.15, 0.2) is 41.8 Å². The second kappa shape index (κ2) is 5.22. The molecule has 18 heavy (non-hydrogen) atoms. The Labute approximate surface area is 103 Å². The van der Waals surface area contributed by atoms with Gasteiger partial charge in [-0.2, -0.15) is 0 Å². The van der Waals surface area contributed by atoms with Gasteiger partial charge in [0, 0.05) is 19.4 Å². The SMILES string of the molecule is Cn1ccnc1C(=O)ON=Cc1cccc(F)c1. The quantitative estimate of drug-likeness (QED) is 0.471. The fourth-order valence-electron chi connectivity index (χ4n) is 1.33. The van der Waals surface area contributed by atoms with Crippen LogP contribution in [0.1, 0.15) is 16.2 Å². The number of carbonyl (C=O) groups is 1. The molecule has 0 saturated carbocycles. The maximum atomic E-state index is 12.8. The third-order valence-corrected chi connectivity index (χ3v) is 2.19. The third-order valence-electron chi connectivity index (χ3n) is 2.19. The van der Waals surface area contributed by atoms with Gasteiger partial charge >= 0.3 is 5.97 Å². The summed E-state index contributed by atoms with van der Waals surface area (Å²) in [6.07, 6.45) is 4.35. The van der Waals surface area contributed by atoms with Crippen LogP contribution in [0.5, 0.6) is 0 Å². The number of carbonyl (C=O) groups excluding carboxylic acids is 1. The van der Waals surface area contributed by atoms with Gasteiger partial charge in [-0.05, 0) is 17.7 Å². The Morgan fingerprint density at radius 1 is 1.56 bits per heavy atom. The zero-order valence-electron chi connectivity index (χ0n) is 9.58. The van der Waals surface area contributed by atoms with Crippen molar-refractivity contribution < 1.29 is 14.0 Å². The lowest BCUT2D eigenvalue weighted by Crippen LogP contribution is -2.08. The molecule has 0 amide bonds. The molecule has 0 radical (unpaired) electrons. The summed E-state index contributed by atoms with van der Waals surface area (Å²) in [5.41, 5.74) is 0.502. The van der Waals surface area contributed by atoms with Crippen molar-refractivity contribution in [2.45, 2.75) is 0 Å². The first-order valence-electron chi connectivity index (χ1n) is 5.14. The van der Waals surface area contributed by atoms with Gasteiger partial charge in [0.1, 0.15) is 5.82 Å². The Morgan fingerprint density at radius 3 is 3.06 bits per heavy atom. The Hall–Kier alpha value is -2.50. The lowest BCUT2D eigenvalue weighted by atomic mass is 10.2. The minimum absolute atomic E-state index is 0.145. The Kier molecular flexibility index (Phi) is 3.47. The molecule has 0 aliphatic carbocycles. The Balaban J connectivity index is 2.00. The molecule has 0 spiro atoms. The molecule has 0 atom stereocenters. The smallest absolute Gasteiger partial charge is 0.328 e. The van der Waals surface area contributed by atoms with Crippen molar-refractivity contribution in [3.63, 3.8) is 0 Å². The molecule has 92 valence electrons. The number of oxime groups is 1. The summed E-state index contributed by atoms with van der Waals surface area (Å²) in [6, 6.07) is 5.77. The van der Waals surface area contributed by atoms with Crippen molar-refractivity contribution in [1.82, 2.24) is 9.55 Å². The number of rotatable bonds is 3. The molecular formula is C12H10FN3O2. The van der Waals surface area contributed by atoms with E-state index >= 15 is 0 Å². The van der Waals surface area contributed by atoms with Gasteiger partial charge in [0.2, 0.25) is 5.82 Å². The van der Waals surface area contributed by atoms with Crippen molar-refractivity contribution in [2.24, 2.45) is 12.2 Å². The summed E-state index contributed by atoms with van der Waals surface area (Å²) in [7, 11) is 1.67.